The quantitative estimate of drug-likeness (QED) is 0.0101. The van der Waals surface area contributed by atoms with Crippen LogP contribution in [0.4, 0.5) is 45.5 Å². The van der Waals surface area contributed by atoms with E-state index in [0.717, 1.165) is 49.4 Å². The average Bonchev–Trinajstić information content (AvgIpc) is 3.31. The van der Waals surface area contributed by atoms with E-state index in [1.54, 1.807) is 0 Å². The number of carbonyl (C=O) groups is 1. The molecule has 0 aromatic heterocycles. The summed E-state index contributed by atoms with van der Waals surface area (Å²) >= 11 is 0.717. The molecular formula is C38H32N8O21S6. The van der Waals surface area contributed by atoms with Crippen molar-refractivity contribution in [3.05, 3.63) is 97.1 Å². The van der Waals surface area contributed by atoms with Crippen molar-refractivity contribution >= 4 is 127 Å². The normalized spacial score (nSPS) is 12.6. The van der Waals surface area contributed by atoms with Crippen molar-refractivity contribution in [2.24, 2.45) is 30.7 Å². The van der Waals surface area contributed by atoms with E-state index in [1.807, 2.05) is 0 Å². The Morgan fingerprint density at radius 1 is 0.644 bits per heavy atom. The number of phenols is 3. The van der Waals surface area contributed by atoms with Crippen LogP contribution in [0.15, 0.2) is 152 Å². The Morgan fingerprint density at radius 2 is 1.23 bits per heavy atom. The number of phenolic OH excluding ortho intramolecular Hbond substituents is 3. The zero-order valence-corrected chi connectivity index (χ0v) is 41.0. The third-order valence-electron chi connectivity index (χ3n) is 9.07. The van der Waals surface area contributed by atoms with E-state index in [-0.39, 0.29) is 71.6 Å². The maximum atomic E-state index is 13.3. The molecule has 0 bridgehead atoms. The van der Waals surface area contributed by atoms with E-state index >= 15 is 0 Å². The molecule has 6 aromatic rings. The number of sulfonamides is 1. The van der Waals surface area contributed by atoms with Gasteiger partial charge in [-0.3, -0.25) is 18.6 Å². The number of fused-ring (bicyclic) bond motifs is 1. The number of azo groups is 3. The predicted octanol–water partition coefficient (Wildman–Crippen LogP) is 8.66. The lowest BCUT2D eigenvalue weighted by molar-refractivity contribution is -0.432. The monoisotopic (exact) mass is 1130 g/mol. The fraction of sp³-hybridized carbons (Fsp3) is 0.0789. The number of anilines is 2. The first-order valence-corrected chi connectivity index (χ1v) is 26.7. The summed E-state index contributed by atoms with van der Waals surface area (Å²) < 4.78 is 132. The van der Waals surface area contributed by atoms with Crippen molar-refractivity contribution in [3.63, 3.8) is 0 Å². The maximum absolute atomic E-state index is 13.3. The Bertz CT molecular complexity index is 3630. The molecule has 0 radical (unpaired) electrons. The van der Waals surface area contributed by atoms with Crippen molar-refractivity contribution in [3.8, 4) is 17.2 Å². The molecule has 0 spiro atoms. The van der Waals surface area contributed by atoms with E-state index < -0.39 is 97.1 Å². The second kappa shape index (κ2) is 23.4. The van der Waals surface area contributed by atoms with E-state index in [9.17, 15) is 58.3 Å². The minimum Gasteiger partial charge on any atom is -0.505 e. The summed E-state index contributed by atoms with van der Waals surface area (Å²) in [7, 11) is -18.5. The molecule has 0 saturated heterocycles. The molecule has 73 heavy (non-hydrogen) atoms. The van der Waals surface area contributed by atoms with Gasteiger partial charge < -0.3 is 20.6 Å². The average molecular weight is 1130 g/mol. The Kier molecular flexibility index (Phi) is 17.8. The molecule has 1 amide bonds. The highest BCUT2D eigenvalue weighted by molar-refractivity contribution is 7.95. The highest BCUT2D eigenvalue weighted by Gasteiger charge is 2.25. The number of nitrogens with one attached hydrogen (secondary N) is 2. The summed E-state index contributed by atoms with van der Waals surface area (Å²) in [6, 6.07) is 18.9. The first kappa shape index (κ1) is 55.5. The standard InChI is InChI=1S/C38H32N8O21S6/c1-20(47)39-30-18-25(68-66-64-51)16-21-17-33(72(57,58)59)36(38(50)34(21)30)45-41-23-6-8-26(9-7-23)71(55,56)46-24-4-2-22(3-5-24)40-43-29-12-13-31(48)35(37(29)49)44-42-28-11-10-27(19-32(28)69-67-65-52)70(53,54)15-14-63-73(60,61)62/h2-13,16-19,46,48-52H,14-15H2,1H3,(H,39,47)(H,57,58,59)(H,60,61,62)/b43-40+,44-42+,45-41+. The van der Waals surface area contributed by atoms with Crippen molar-refractivity contribution in [1.82, 2.24) is 0 Å². The molecule has 0 aliphatic heterocycles. The number of nitrogens with zero attached hydrogens (tertiary/aromatic N) is 6. The van der Waals surface area contributed by atoms with Crippen LogP contribution in [0, 0.1) is 0 Å². The molecule has 0 fully saturated rings. The third-order valence-corrected chi connectivity index (χ3v) is 14.7. The van der Waals surface area contributed by atoms with Gasteiger partial charge in [0.2, 0.25) is 5.91 Å². The fourth-order valence-electron chi connectivity index (χ4n) is 5.96. The number of benzene rings is 6. The van der Waals surface area contributed by atoms with Gasteiger partial charge in [0.05, 0.1) is 68.2 Å². The summed E-state index contributed by atoms with van der Waals surface area (Å²) in [5.74, 6) is -3.63. The second-order valence-corrected chi connectivity index (χ2v) is 21.8. The van der Waals surface area contributed by atoms with Gasteiger partial charge in [-0.05, 0) is 102 Å². The van der Waals surface area contributed by atoms with Gasteiger partial charge in [-0.25, -0.2) is 31.5 Å². The first-order valence-electron chi connectivity index (χ1n) is 19.3. The highest BCUT2D eigenvalue weighted by atomic mass is 32.3. The third kappa shape index (κ3) is 14.7. The number of sulfone groups is 1. The molecule has 0 aliphatic rings. The molecule has 0 unspecified atom stereocenters. The van der Waals surface area contributed by atoms with Crippen LogP contribution in [-0.4, -0.2) is 86.9 Å². The van der Waals surface area contributed by atoms with Gasteiger partial charge in [-0.15, -0.1) is 29.1 Å². The van der Waals surface area contributed by atoms with Crippen LogP contribution in [0.5, 0.6) is 17.2 Å². The van der Waals surface area contributed by atoms with Crippen LogP contribution >= 0.6 is 24.1 Å². The Morgan fingerprint density at radius 3 is 1.86 bits per heavy atom. The van der Waals surface area contributed by atoms with Gasteiger partial charge in [0.15, 0.2) is 27.0 Å². The van der Waals surface area contributed by atoms with Gasteiger partial charge in [0.1, 0.15) is 27.7 Å². The molecule has 0 heterocycles. The Balaban J connectivity index is 1.16. The largest absolute Gasteiger partial charge is 0.505 e. The molecule has 0 aliphatic carbocycles. The number of aromatic hydroxyl groups is 3. The van der Waals surface area contributed by atoms with Crippen LogP contribution in [-0.2, 0) is 68.1 Å². The number of carbonyl (C=O) groups excluding carboxylic acids is 1. The van der Waals surface area contributed by atoms with E-state index in [1.165, 1.54) is 54.6 Å². The topological polar surface area (TPSA) is 440 Å². The molecule has 6 aromatic carbocycles. The van der Waals surface area contributed by atoms with Crippen LogP contribution in [0.2, 0.25) is 0 Å². The maximum Gasteiger partial charge on any atom is 0.397 e. The SMILES string of the molecule is CC(=O)Nc1cc(SOOO)cc2cc(S(=O)(=O)O)c(/N=N/c3ccc(S(=O)(=O)Nc4ccc(/N=N/c5ccc(O)c(/N=N/c6ccc(S(=O)(=O)CCOS(=O)(=O)O)cc6SOOO)c5O)cc4)cc3)c(O)c12. The van der Waals surface area contributed by atoms with Crippen molar-refractivity contribution in [2.75, 3.05) is 22.4 Å². The molecule has 6 rings (SSSR count). The smallest absolute Gasteiger partial charge is 0.397 e. The van der Waals surface area contributed by atoms with Crippen LogP contribution in [0.25, 0.3) is 10.8 Å². The Hall–Kier alpha value is -6.81. The zero-order chi connectivity index (χ0) is 53.3. The van der Waals surface area contributed by atoms with Gasteiger partial charge in [-0.1, -0.05) is 10.1 Å². The first-order chi connectivity index (χ1) is 34.4. The number of amides is 1. The summed E-state index contributed by atoms with van der Waals surface area (Å²) in [5.41, 5.74) is -1.56. The minimum absolute atomic E-state index is 0.0381. The number of rotatable bonds is 22. The zero-order valence-electron chi connectivity index (χ0n) is 36.1. The second-order valence-electron chi connectivity index (χ2n) is 14.0. The van der Waals surface area contributed by atoms with E-state index in [0.29, 0.717) is 12.0 Å². The van der Waals surface area contributed by atoms with Crippen molar-refractivity contribution in [2.45, 2.75) is 31.4 Å². The fourth-order valence-corrected chi connectivity index (χ4v) is 10.2. The lowest BCUT2D eigenvalue weighted by atomic mass is 10.1. The lowest BCUT2D eigenvalue weighted by Gasteiger charge is -2.14. The molecule has 0 saturated carbocycles. The van der Waals surface area contributed by atoms with E-state index in [4.69, 9.17) is 15.1 Å². The summed E-state index contributed by atoms with van der Waals surface area (Å²) in [6.07, 6.45) is 0. The van der Waals surface area contributed by atoms with Gasteiger partial charge in [0.25, 0.3) is 20.1 Å². The molecule has 29 nitrogen and oxygen atoms in total. The molecule has 35 heteroatoms. The van der Waals surface area contributed by atoms with Crippen LogP contribution in [0.3, 0.4) is 0 Å². The van der Waals surface area contributed by atoms with Crippen molar-refractivity contribution in [1.29, 1.82) is 0 Å². The van der Waals surface area contributed by atoms with Crippen LogP contribution in [0.1, 0.15) is 6.92 Å². The molecule has 9 N–H and O–H groups in total. The van der Waals surface area contributed by atoms with Crippen molar-refractivity contribution < 1.29 is 96.3 Å². The highest BCUT2D eigenvalue weighted by Crippen LogP contribution is 2.47. The van der Waals surface area contributed by atoms with E-state index in [2.05, 4.69) is 63.7 Å². The number of hydrogen-bond donors (Lipinski definition) is 9. The number of hydrogen-bond acceptors (Lipinski definition) is 27. The minimum atomic E-state index is -5.09. The molecular weight excluding hydrogens is 1100 g/mol. The van der Waals surface area contributed by atoms with Gasteiger partial charge in [-0.2, -0.15) is 27.1 Å². The predicted molar refractivity (Wildman–Crippen MR) is 253 cm³/mol. The summed E-state index contributed by atoms with van der Waals surface area (Å²) in [6.45, 7) is 0.232. The van der Waals surface area contributed by atoms with Gasteiger partial charge in [0, 0.05) is 22.9 Å². The Labute approximate surface area is 419 Å². The lowest BCUT2D eigenvalue weighted by Crippen LogP contribution is -2.15. The van der Waals surface area contributed by atoms with Crippen LogP contribution < -0.4 is 10.0 Å². The molecule has 386 valence electrons. The van der Waals surface area contributed by atoms with Gasteiger partial charge >= 0.3 is 10.4 Å². The summed E-state index contributed by atoms with van der Waals surface area (Å²) in [5, 5.41) is 82.6. The summed E-state index contributed by atoms with van der Waals surface area (Å²) in [4.78, 5) is 10.4. The molecule has 0 atom stereocenters.